The molecule has 1 atom stereocenters. The van der Waals surface area contributed by atoms with Crippen LogP contribution in [0.5, 0.6) is 0 Å². The molecule has 0 N–H and O–H groups in total. The van der Waals surface area contributed by atoms with Crippen LogP contribution < -0.4 is 0 Å². The predicted octanol–water partition coefficient (Wildman–Crippen LogP) is 3.02. The van der Waals surface area contributed by atoms with Gasteiger partial charge in [0.15, 0.2) is 0 Å². The molecule has 0 bridgehead atoms. The zero-order chi connectivity index (χ0) is 20.3. The van der Waals surface area contributed by atoms with Crippen LogP contribution in [-0.4, -0.2) is 56.4 Å². The molecule has 6 nitrogen and oxygen atoms in total. The smallest absolute Gasteiger partial charge is 0.255 e. The fourth-order valence-electron chi connectivity index (χ4n) is 3.11. The molecule has 8 heteroatoms. The van der Waals surface area contributed by atoms with Crippen molar-refractivity contribution < 1.29 is 17.9 Å². The third kappa shape index (κ3) is 4.55. The molecule has 2 aromatic carbocycles. The van der Waals surface area contributed by atoms with Crippen molar-refractivity contribution in [3.05, 3.63) is 64.7 Å². The van der Waals surface area contributed by atoms with Crippen molar-refractivity contribution in [2.24, 2.45) is 0 Å². The van der Waals surface area contributed by atoms with E-state index in [0.29, 0.717) is 19.7 Å². The molecule has 0 saturated carbocycles. The molecule has 0 unspecified atom stereocenters. The van der Waals surface area contributed by atoms with Crippen LogP contribution in [-0.2, 0) is 21.3 Å². The highest BCUT2D eigenvalue weighted by atomic mass is 35.5. The van der Waals surface area contributed by atoms with Crippen LogP contribution in [0.1, 0.15) is 22.8 Å². The maximum Gasteiger partial charge on any atom is 0.255 e. The minimum absolute atomic E-state index is 0.0417. The average Bonchev–Trinajstić information content (AvgIpc) is 2.68. The molecule has 1 saturated heterocycles. The highest BCUT2D eigenvalue weighted by molar-refractivity contribution is 7.89. The number of hydrogen-bond donors (Lipinski definition) is 0. The lowest BCUT2D eigenvalue weighted by molar-refractivity contribution is -0.0124. The van der Waals surface area contributed by atoms with Gasteiger partial charge in [0.25, 0.3) is 5.91 Å². The van der Waals surface area contributed by atoms with E-state index in [0.717, 1.165) is 5.56 Å². The van der Waals surface area contributed by atoms with E-state index in [2.05, 4.69) is 0 Å². The molecular weight excluding hydrogens is 400 g/mol. The molecule has 0 spiro atoms. The molecule has 0 aromatic heterocycles. The normalized spacial score (nSPS) is 17.7. The molecule has 150 valence electrons. The number of sulfonamides is 1. The topological polar surface area (TPSA) is 66.9 Å². The number of benzene rings is 2. The highest BCUT2D eigenvalue weighted by Gasteiger charge is 2.27. The Balaban J connectivity index is 1.86. The van der Waals surface area contributed by atoms with Crippen molar-refractivity contribution in [2.75, 3.05) is 26.7 Å². The zero-order valence-corrected chi connectivity index (χ0v) is 17.4. The maximum absolute atomic E-state index is 13.0. The SMILES string of the molecule is C[C@H]1CN(C(=O)c2cc(S(=O)(=O)N(C)Cc3ccccc3)ccc2Cl)CCO1. The molecular formula is C20H23ClN2O4S. The number of carbonyl (C=O) groups excluding carboxylic acids is 1. The van der Waals surface area contributed by atoms with Gasteiger partial charge in [-0.05, 0) is 30.7 Å². The number of halogens is 1. The Kier molecular flexibility index (Phi) is 6.40. The second kappa shape index (κ2) is 8.61. The molecule has 2 aromatic rings. The van der Waals surface area contributed by atoms with Crippen LogP contribution in [0.3, 0.4) is 0 Å². The van der Waals surface area contributed by atoms with Crippen molar-refractivity contribution in [2.45, 2.75) is 24.5 Å². The molecule has 0 aliphatic carbocycles. The summed E-state index contributed by atoms with van der Waals surface area (Å²) in [4.78, 5) is 14.6. The molecule has 28 heavy (non-hydrogen) atoms. The Morgan fingerprint density at radius 1 is 1.25 bits per heavy atom. The van der Waals surface area contributed by atoms with E-state index < -0.39 is 10.0 Å². The number of morpholine rings is 1. The van der Waals surface area contributed by atoms with Gasteiger partial charge >= 0.3 is 0 Å². The molecule has 1 aliphatic rings. The fraction of sp³-hybridized carbons (Fsp3) is 0.350. The summed E-state index contributed by atoms with van der Waals surface area (Å²) >= 11 is 6.22. The fourth-order valence-corrected chi connectivity index (χ4v) is 4.49. The molecule has 3 rings (SSSR count). The minimum Gasteiger partial charge on any atom is -0.375 e. The second-order valence-electron chi connectivity index (χ2n) is 6.82. The van der Waals surface area contributed by atoms with Gasteiger partial charge in [0, 0.05) is 26.7 Å². The van der Waals surface area contributed by atoms with E-state index in [1.807, 2.05) is 37.3 Å². The van der Waals surface area contributed by atoms with Gasteiger partial charge in [-0.15, -0.1) is 0 Å². The summed E-state index contributed by atoms with van der Waals surface area (Å²) in [6.45, 7) is 3.46. The third-order valence-electron chi connectivity index (χ3n) is 4.65. The predicted molar refractivity (Wildman–Crippen MR) is 108 cm³/mol. The monoisotopic (exact) mass is 422 g/mol. The first-order valence-electron chi connectivity index (χ1n) is 8.99. The number of hydrogen-bond acceptors (Lipinski definition) is 4. The van der Waals surface area contributed by atoms with E-state index in [4.69, 9.17) is 16.3 Å². The second-order valence-corrected chi connectivity index (χ2v) is 9.27. The van der Waals surface area contributed by atoms with Gasteiger partial charge in [0.2, 0.25) is 10.0 Å². The summed E-state index contributed by atoms with van der Waals surface area (Å²) in [5.74, 6) is -0.289. The molecule has 1 aliphatic heterocycles. The molecule has 1 heterocycles. The lowest BCUT2D eigenvalue weighted by Gasteiger charge is -2.31. The zero-order valence-electron chi connectivity index (χ0n) is 15.8. The Morgan fingerprint density at radius 3 is 2.64 bits per heavy atom. The van der Waals surface area contributed by atoms with Gasteiger partial charge in [-0.3, -0.25) is 4.79 Å². The van der Waals surface area contributed by atoms with E-state index in [9.17, 15) is 13.2 Å². The maximum atomic E-state index is 13.0. The van der Waals surface area contributed by atoms with Gasteiger partial charge in [-0.2, -0.15) is 4.31 Å². The number of ether oxygens (including phenoxy) is 1. The molecule has 1 fully saturated rings. The summed E-state index contributed by atoms with van der Waals surface area (Å²) in [6, 6.07) is 13.6. The van der Waals surface area contributed by atoms with Crippen molar-refractivity contribution in [3.63, 3.8) is 0 Å². The summed E-state index contributed by atoms with van der Waals surface area (Å²) < 4.78 is 32.7. The Bertz CT molecular complexity index is 950. The number of carbonyl (C=O) groups is 1. The minimum atomic E-state index is -3.77. The van der Waals surface area contributed by atoms with Crippen LogP contribution in [0.2, 0.25) is 5.02 Å². The average molecular weight is 423 g/mol. The van der Waals surface area contributed by atoms with Gasteiger partial charge in [-0.25, -0.2) is 8.42 Å². The first-order valence-corrected chi connectivity index (χ1v) is 10.8. The quantitative estimate of drug-likeness (QED) is 0.742. The highest BCUT2D eigenvalue weighted by Crippen LogP contribution is 2.25. The number of amides is 1. The van der Waals surface area contributed by atoms with Crippen LogP contribution in [0, 0.1) is 0 Å². The first-order chi connectivity index (χ1) is 13.3. The van der Waals surface area contributed by atoms with Crippen molar-refractivity contribution in [3.8, 4) is 0 Å². The number of rotatable bonds is 5. The van der Waals surface area contributed by atoms with Crippen LogP contribution in [0.15, 0.2) is 53.4 Å². The first kappa shape index (κ1) is 20.8. The van der Waals surface area contributed by atoms with Gasteiger partial charge in [0.05, 0.1) is 28.2 Å². The van der Waals surface area contributed by atoms with Crippen LogP contribution in [0.25, 0.3) is 0 Å². The standard InChI is InChI=1S/C20H23ClN2O4S/c1-15-13-23(10-11-27-15)20(24)18-12-17(8-9-19(18)21)28(25,26)22(2)14-16-6-4-3-5-7-16/h3-9,12,15H,10-11,13-14H2,1-2H3/t15-/m0/s1. The third-order valence-corrected chi connectivity index (χ3v) is 6.78. The van der Waals surface area contributed by atoms with E-state index in [-0.39, 0.29) is 34.0 Å². The lowest BCUT2D eigenvalue weighted by atomic mass is 10.1. The van der Waals surface area contributed by atoms with Crippen LogP contribution >= 0.6 is 11.6 Å². The van der Waals surface area contributed by atoms with E-state index >= 15 is 0 Å². The Labute approximate surface area is 170 Å². The van der Waals surface area contributed by atoms with E-state index in [1.165, 1.54) is 29.6 Å². The summed E-state index contributed by atoms with van der Waals surface area (Å²) in [5, 5.41) is 0.230. The lowest BCUT2D eigenvalue weighted by Crippen LogP contribution is -2.44. The van der Waals surface area contributed by atoms with Gasteiger partial charge in [-0.1, -0.05) is 41.9 Å². The molecule has 0 radical (unpaired) electrons. The molecule has 1 amide bonds. The summed E-state index contributed by atoms with van der Waals surface area (Å²) in [5.41, 5.74) is 1.06. The Morgan fingerprint density at radius 2 is 1.96 bits per heavy atom. The van der Waals surface area contributed by atoms with Gasteiger partial charge in [0.1, 0.15) is 0 Å². The van der Waals surface area contributed by atoms with Gasteiger partial charge < -0.3 is 9.64 Å². The van der Waals surface area contributed by atoms with Crippen molar-refractivity contribution in [1.29, 1.82) is 0 Å². The summed E-state index contributed by atoms with van der Waals surface area (Å²) in [6.07, 6.45) is -0.0691. The van der Waals surface area contributed by atoms with Crippen molar-refractivity contribution in [1.82, 2.24) is 9.21 Å². The largest absolute Gasteiger partial charge is 0.375 e. The van der Waals surface area contributed by atoms with E-state index in [1.54, 1.807) is 4.90 Å². The summed E-state index contributed by atoms with van der Waals surface area (Å²) in [7, 11) is -2.26. The van der Waals surface area contributed by atoms with Crippen molar-refractivity contribution >= 4 is 27.5 Å². The van der Waals surface area contributed by atoms with Crippen LogP contribution in [0.4, 0.5) is 0 Å². The Hall–Kier alpha value is -1.93. The number of nitrogens with zero attached hydrogens (tertiary/aromatic N) is 2.